The number of hydrogen-bond donors (Lipinski definition) is 3. The lowest BCUT2D eigenvalue weighted by Gasteiger charge is -2.36. The minimum Gasteiger partial charge on any atom is -0.393 e. The van der Waals surface area contributed by atoms with Gasteiger partial charge in [-0.25, -0.2) is 8.78 Å². The first-order valence-corrected chi connectivity index (χ1v) is 13.1. The van der Waals surface area contributed by atoms with Gasteiger partial charge < -0.3 is 16.2 Å². The fourth-order valence-corrected chi connectivity index (χ4v) is 6.21. The van der Waals surface area contributed by atoms with Gasteiger partial charge in [0.1, 0.15) is 11.6 Å². The zero-order chi connectivity index (χ0) is 26.5. The Bertz CT molecular complexity index is 1390. The summed E-state index contributed by atoms with van der Waals surface area (Å²) < 4.78 is 31.4. The largest absolute Gasteiger partial charge is 0.393 e. The number of halogens is 2. The standard InChI is InChI=1S/C29H33F2N3O3/c1-3-29(4-2)14-24-26(20-10-5-17(30)13-23(20)34(24)25(36)15-29)16-11-21(31)27(28(32)37)22(12-16)33-18-6-8-19(35)9-7-18/h5,10-13,18-19,33,35H,3-4,6-9,14-15H2,1-2H3,(H2,32,37)/t18-,19-. The van der Waals surface area contributed by atoms with Crippen LogP contribution in [-0.4, -0.2) is 33.6 Å². The van der Waals surface area contributed by atoms with Gasteiger partial charge in [0.05, 0.1) is 22.9 Å². The highest BCUT2D eigenvalue weighted by Gasteiger charge is 2.39. The smallest absolute Gasteiger partial charge is 0.253 e. The van der Waals surface area contributed by atoms with Crippen molar-refractivity contribution in [3.8, 4) is 11.1 Å². The van der Waals surface area contributed by atoms with E-state index in [1.54, 1.807) is 16.7 Å². The third-order valence-corrected chi connectivity index (χ3v) is 8.53. The molecule has 1 saturated carbocycles. The summed E-state index contributed by atoms with van der Waals surface area (Å²) >= 11 is 0. The molecule has 0 spiro atoms. The molecule has 37 heavy (non-hydrogen) atoms. The molecule has 1 aromatic heterocycles. The van der Waals surface area contributed by atoms with Crippen LogP contribution in [0.2, 0.25) is 0 Å². The number of nitrogens with zero attached hydrogens (tertiary/aromatic N) is 1. The van der Waals surface area contributed by atoms with E-state index in [1.165, 1.54) is 18.2 Å². The second-order valence-electron chi connectivity index (χ2n) is 10.7. The first kappa shape index (κ1) is 25.4. The number of rotatable bonds is 6. The van der Waals surface area contributed by atoms with E-state index in [9.17, 15) is 19.1 Å². The third-order valence-electron chi connectivity index (χ3n) is 8.53. The summed E-state index contributed by atoms with van der Waals surface area (Å²) in [4.78, 5) is 25.7. The van der Waals surface area contributed by atoms with Gasteiger partial charge in [-0.3, -0.25) is 14.2 Å². The average molecular weight is 510 g/mol. The van der Waals surface area contributed by atoms with Gasteiger partial charge >= 0.3 is 0 Å². The van der Waals surface area contributed by atoms with E-state index in [-0.39, 0.29) is 29.0 Å². The molecule has 0 radical (unpaired) electrons. The van der Waals surface area contributed by atoms with Crippen molar-refractivity contribution in [1.82, 2.24) is 4.57 Å². The summed E-state index contributed by atoms with van der Waals surface area (Å²) in [5.74, 6) is -2.18. The lowest BCUT2D eigenvalue weighted by Crippen LogP contribution is -2.35. The molecule has 1 aliphatic carbocycles. The Labute approximate surface area is 214 Å². The monoisotopic (exact) mass is 509 g/mol. The van der Waals surface area contributed by atoms with Crippen molar-refractivity contribution in [2.24, 2.45) is 11.1 Å². The quantitative estimate of drug-likeness (QED) is 0.392. The number of hydrogen-bond acceptors (Lipinski definition) is 4. The lowest BCUT2D eigenvalue weighted by atomic mass is 9.72. The molecule has 1 amide bonds. The molecule has 1 fully saturated rings. The molecule has 5 rings (SSSR count). The van der Waals surface area contributed by atoms with E-state index >= 15 is 4.39 Å². The summed E-state index contributed by atoms with van der Waals surface area (Å²) in [6, 6.07) is 7.29. The third kappa shape index (κ3) is 4.41. The molecule has 6 nitrogen and oxygen atoms in total. The molecule has 2 heterocycles. The van der Waals surface area contributed by atoms with Crippen LogP contribution < -0.4 is 11.1 Å². The number of aliphatic hydroxyl groups excluding tert-OH is 1. The van der Waals surface area contributed by atoms with E-state index in [1.807, 2.05) is 0 Å². The molecule has 2 aliphatic rings. The SMILES string of the molecule is CCC1(CC)CC(=O)n2c(c(-c3cc(F)c(C(N)=O)c(N[C@H]4CC[C@H](O)CC4)c3)c3ccc(F)cc32)C1. The second kappa shape index (κ2) is 9.56. The summed E-state index contributed by atoms with van der Waals surface area (Å²) in [6.07, 6.45) is 4.81. The number of anilines is 1. The Morgan fingerprint density at radius 3 is 2.46 bits per heavy atom. The molecular weight excluding hydrogens is 476 g/mol. The van der Waals surface area contributed by atoms with Crippen LogP contribution in [0.1, 0.15) is 79.6 Å². The van der Waals surface area contributed by atoms with Crippen LogP contribution >= 0.6 is 0 Å². The maximum atomic E-state index is 15.5. The van der Waals surface area contributed by atoms with Crippen molar-refractivity contribution in [3.63, 3.8) is 0 Å². The average Bonchev–Trinajstić information content (AvgIpc) is 3.18. The van der Waals surface area contributed by atoms with Gasteiger partial charge in [-0.05, 0) is 86.3 Å². The normalized spacial score (nSPS) is 21.2. The zero-order valence-corrected chi connectivity index (χ0v) is 21.2. The fourth-order valence-electron chi connectivity index (χ4n) is 6.21. The summed E-state index contributed by atoms with van der Waals surface area (Å²) in [6.45, 7) is 4.14. The van der Waals surface area contributed by atoms with Gasteiger partial charge in [-0.1, -0.05) is 13.8 Å². The summed E-state index contributed by atoms with van der Waals surface area (Å²) in [5, 5.41) is 13.8. The van der Waals surface area contributed by atoms with Crippen molar-refractivity contribution >= 4 is 28.4 Å². The van der Waals surface area contributed by atoms with E-state index in [2.05, 4.69) is 19.2 Å². The Kier molecular flexibility index (Phi) is 6.56. The van der Waals surface area contributed by atoms with Gasteiger partial charge in [0.2, 0.25) is 5.91 Å². The Morgan fingerprint density at radius 1 is 1.11 bits per heavy atom. The van der Waals surface area contributed by atoms with Crippen molar-refractivity contribution < 1.29 is 23.5 Å². The molecule has 0 atom stereocenters. The molecule has 0 bridgehead atoms. The van der Waals surface area contributed by atoms with Crippen molar-refractivity contribution in [2.75, 3.05) is 5.32 Å². The predicted molar refractivity (Wildman–Crippen MR) is 140 cm³/mol. The summed E-state index contributed by atoms with van der Waals surface area (Å²) in [5.41, 5.74) is 7.78. The highest BCUT2D eigenvalue weighted by molar-refractivity contribution is 6.06. The number of carbonyl (C=O) groups excluding carboxylic acids is 2. The highest BCUT2D eigenvalue weighted by atomic mass is 19.1. The van der Waals surface area contributed by atoms with Crippen molar-refractivity contribution in [2.45, 2.75) is 77.4 Å². The minimum atomic E-state index is -0.876. The van der Waals surface area contributed by atoms with E-state index in [0.717, 1.165) is 18.5 Å². The number of nitrogens with one attached hydrogen (secondary N) is 1. The molecule has 196 valence electrons. The minimum absolute atomic E-state index is 0.0423. The number of carbonyl (C=O) groups is 2. The van der Waals surface area contributed by atoms with Gasteiger partial charge in [-0.15, -0.1) is 0 Å². The van der Waals surface area contributed by atoms with Gasteiger partial charge in [-0.2, -0.15) is 0 Å². The maximum absolute atomic E-state index is 15.5. The van der Waals surface area contributed by atoms with Crippen LogP contribution in [0.25, 0.3) is 22.0 Å². The van der Waals surface area contributed by atoms with Crippen LogP contribution in [0.3, 0.4) is 0 Å². The van der Waals surface area contributed by atoms with Gasteiger partial charge in [0.15, 0.2) is 0 Å². The second-order valence-corrected chi connectivity index (χ2v) is 10.7. The molecule has 0 saturated heterocycles. The number of amides is 1. The molecule has 0 unspecified atom stereocenters. The predicted octanol–water partition coefficient (Wildman–Crippen LogP) is 5.79. The highest BCUT2D eigenvalue weighted by Crippen LogP contribution is 2.46. The molecule has 2 aromatic carbocycles. The van der Waals surface area contributed by atoms with E-state index in [0.29, 0.717) is 66.2 Å². The Morgan fingerprint density at radius 2 is 1.81 bits per heavy atom. The zero-order valence-electron chi connectivity index (χ0n) is 21.2. The van der Waals surface area contributed by atoms with E-state index in [4.69, 9.17) is 5.73 Å². The molecule has 8 heteroatoms. The number of primary amides is 1. The van der Waals surface area contributed by atoms with Crippen LogP contribution in [0.15, 0.2) is 30.3 Å². The van der Waals surface area contributed by atoms with Gasteiger partial charge in [0, 0.05) is 29.1 Å². The topological polar surface area (TPSA) is 97.4 Å². The lowest BCUT2D eigenvalue weighted by molar-refractivity contribution is 0.0769. The first-order chi connectivity index (χ1) is 17.7. The fraction of sp³-hybridized carbons (Fsp3) is 0.448. The molecule has 1 aliphatic heterocycles. The van der Waals surface area contributed by atoms with Crippen molar-refractivity contribution in [3.05, 3.63) is 53.2 Å². The summed E-state index contributed by atoms with van der Waals surface area (Å²) in [7, 11) is 0. The van der Waals surface area contributed by atoms with Crippen LogP contribution in [0.4, 0.5) is 14.5 Å². The first-order valence-electron chi connectivity index (χ1n) is 13.1. The number of aromatic nitrogens is 1. The number of aliphatic hydroxyl groups is 1. The Hall–Kier alpha value is -3.26. The number of nitrogens with two attached hydrogens (primary N) is 1. The maximum Gasteiger partial charge on any atom is 0.253 e. The van der Waals surface area contributed by atoms with Crippen LogP contribution in [0, 0.1) is 17.0 Å². The van der Waals surface area contributed by atoms with Crippen LogP contribution in [0.5, 0.6) is 0 Å². The Balaban J connectivity index is 1.72. The van der Waals surface area contributed by atoms with Crippen LogP contribution in [-0.2, 0) is 6.42 Å². The molecule has 4 N–H and O–H groups in total. The molecular formula is C29H33F2N3O3. The number of fused-ring (bicyclic) bond motifs is 3. The van der Waals surface area contributed by atoms with Crippen molar-refractivity contribution in [1.29, 1.82) is 0 Å². The van der Waals surface area contributed by atoms with Gasteiger partial charge in [0.25, 0.3) is 5.91 Å². The molecule has 3 aromatic rings. The van der Waals surface area contributed by atoms with E-state index < -0.39 is 17.5 Å². The number of benzene rings is 2.